The molecule has 6 nitrogen and oxygen atoms in total. The van der Waals surface area contributed by atoms with E-state index in [1.54, 1.807) is 30.3 Å². The molecule has 1 amide bonds. The summed E-state index contributed by atoms with van der Waals surface area (Å²) in [5.41, 5.74) is -0.685. The summed E-state index contributed by atoms with van der Waals surface area (Å²) in [4.78, 5) is 35.9. The molecule has 3 aliphatic carbocycles. The van der Waals surface area contributed by atoms with Crippen molar-refractivity contribution in [3.05, 3.63) is 30.3 Å². The minimum absolute atomic E-state index is 0.255. The van der Waals surface area contributed by atoms with Crippen molar-refractivity contribution in [3.8, 4) is 0 Å². The number of hydrogen-bond acceptors (Lipinski definition) is 5. The van der Waals surface area contributed by atoms with E-state index < -0.39 is 35.1 Å². The molecule has 0 aliphatic heterocycles. The third-order valence-corrected chi connectivity index (χ3v) is 5.39. The van der Waals surface area contributed by atoms with E-state index in [0.717, 1.165) is 0 Å². The van der Waals surface area contributed by atoms with Gasteiger partial charge in [0, 0.05) is 29.5 Å². The molecule has 0 aromatic heterocycles. The number of carboxylic acid groups (broad SMARTS) is 2. The van der Waals surface area contributed by atoms with Gasteiger partial charge in [-0.2, -0.15) is 0 Å². The second-order valence-corrected chi connectivity index (χ2v) is 6.46. The van der Waals surface area contributed by atoms with E-state index >= 15 is 0 Å². The minimum atomic E-state index is -1.48. The standard InChI is InChI=1S/C17H19NO5/c19-14(20)12-10-6-8-17(9-7-10,13(12)15(21)22)16(23)18-11-4-2-1-3-5-11/h1-5,10,12-13H,6-9H2,(H,18,23)(H,19,20)(H,21,22)/p-2/t10?,12-,13+,17?/m0/s1. The molecule has 2 atom stereocenters. The summed E-state index contributed by atoms with van der Waals surface area (Å²) in [5.74, 6) is -6.09. The van der Waals surface area contributed by atoms with Gasteiger partial charge in [0.15, 0.2) is 0 Å². The molecule has 1 aromatic rings. The molecule has 0 unspecified atom stereocenters. The minimum Gasteiger partial charge on any atom is -0.550 e. The van der Waals surface area contributed by atoms with Gasteiger partial charge < -0.3 is 25.1 Å². The Bertz CT molecular complexity index is 634. The number of rotatable bonds is 4. The summed E-state index contributed by atoms with van der Waals surface area (Å²) in [5, 5.41) is 25.8. The van der Waals surface area contributed by atoms with Gasteiger partial charge in [-0.05, 0) is 43.7 Å². The summed E-state index contributed by atoms with van der Waals surface area (Å²) in [6.07, 6.45) is 1.76. The fourth-order valence-corrected chi connectivity index (χ4v) is 4.29. The second kappa shape index (κ2) is 5.68. The molecular formula is C17H17NO5-2. The number of aliphatic carboxylic acids is 2. The van der Waals surface area contributed by atoms with Crippen LogP contribution in [-0.2, 0) is 14.4 Å². The molecule has 23 heavy (non-hydrogen) atoms. The lowest BCUT2D eigenvalue weighted by atomic mass is 9.50. The monoisotopic (exact) mass is 315 g/mol. The molecule has 2 bridgehead atoms. The Morgan fingerprint density at radius 3 is 2.13 bits per heavy atom. The van der Waals surface area contributed by atoms with E-state index in [9.17, 15) is 24.6 Å². The van der Waals surface area contributed by atoms with Gasteiger partial charge in [0.2, 0.25) is 5.91 Å². The number of para-hydroxylation sites is 1. The third kappa shape index (κ3) is 2.48. The molecule has 0 radical (unpaired) electrons. The first-order valence-electron chi connectivity index (χ1n) is 7.74. The van der Waals surface area contributed by atoms with E-state index in [0.29, 0.717) is 31.4 Å². The summed E-state index contributed by atoms with van der Waals surface area (Å²) in [7, 11) is 0. The zero-order valence-corrected chi connectivity index (χ0v) is 12.5. The zero-order valence-electron chi connectivity index (χ0n) is 12.5. The van der Waals surface area contributed by atoms with Crippen LogP contribution in [0.4, 0.5) is 5.69 Å². The second-order valence-electron chi connectivity index (χ2n) is 6.46. The molecule has 0 spiro atoms. The summed E-state index contributed by atoms with van der Waals surface area (Å²) in [6, 6.07) is 8.72. The van der Waals surface area contributed by atoms with E-state index in [2.05, 4.69) is 5.32 Å². The Balaban J connectivity index is 1.94. The lowest BCUT2D eigenvalue weighted by molar-refractivity contribution is -0.337. The van der Waals surface area contributed by atoms with Gasteiger partial charge >= 0.3 is 0 Å². The highest BCUT2D eigenvalue weighted by Crippen LogP contribution is 2.56. The van der Waals surface area contributed by atoms with Crippen molar-refractivity contribution in [2.75, 3.05) is 5.32 Å². The van der Waals surface area contributed by atoms with Crippen molar-refractivity contribution >= 4 is 23.5 Å². The maximum Gasteiger partial charge on any atom is 0.231 e. The first-order valence-corrected chi connectivity index (χ1v) is 7.74. The molecule has 122 valence electrons. The van der Waals surface area contributed by atoms with Gasteiger partial charge in [0.05, 0.1) is 5.41 Å². The van der Waals surface area contributed by atoms with Crippen molar-refractivity contribution in [2.24, 2.45) is 23.2 Å². The van der Waals surface area contributed by atoms with E-state index in [4.69, 9.17) is 0 Å². The maximum absolute atomic E-state index is 12.8. The number of anilines is 1. The Morgan fingerprint density at radius 2 is 1.61 bits per heavy atom. The first-order chi connectivity index (χ1) is 11.0. The Hall–Kier alpha value is -2.37. The van der Waals surface area contributed by atoms with Gasteiger partial charge in [0.25, 0.3) is 0 Å². The zero-order chi connectivity index (χ0) is 16.6. The van der Waals surface area contributed by atoms with Gasteiger partial charge in [-0.25, -0.2) is 0 Å². The van der Waals surface area contributed by atoms with Crippen LogP contribution < -0.4 is 15.5 Å². The van der Waals surface area contributed by atoms with Crippen LogP contribution in [0.1, 0.15) is 25.7 Å². The number of fused-ring (bicyclic) bond motifs is 3. The predicted molar refractivity (Wildman–Crippen MR) is 76.5 cm³/mol. The largest absolute Gasteiger partial charge is 0.550 e. The Kier molecular flexibility index (Phi) is 3.83. The van der Waals surface area contributed by atoms with E-state index in [-0.39, 0.29) is 5.92 Å². The number of carbonyl (C=O) groups excluding carboxylic acids is 3. The summed E-state index contributed by atoms with van der Waals surface area (Å²) >= 11 is 0. The molecule has 3 fully saturated rings. The van der Waals surface area contributed by atoms with Crippen molar-refractivity contribution in [3.63, 3.8) is 0 Å². The Labute approximate surface area is 133 Å². The van der Waals surface area contributed by atoms with Crippen molar-refractivity contribution in [2.45, 2.75) is 25.7 Å². The molecule has 0 saturated heterocycles. The van der Waals surface area contributed by atoms with Crippen molar-refractivity contribution in [1.82, 2.24) is 0 Å². The molecule has 0 heterocycles. The molecule has 1 aromatic carbocycles. The van der Waals surface area contributed by atoms with Crippen LogP contribution in [0.2, 0.25) is 0 Å². The lowest BCUT2D eigenvalue weighted by Crippen LogP contribution is -2.63. The molecule has 3 saturated carbocycles. The van der Waals surface area contributed by atoms with Crippen LogP contribution in [0.3, 0.4) is 0 Å². The predicted octanol–water partition coefficient (Wildman–Crippen LogP) is -0.452. The normalized spacial score (nSPS) is 32.3. The highest BCUT2D eigenvalue weighted by Gasteiger charge is 2.58. The highest BCUT2D eigenvalue weighted by atomic mass is 16.4. The molecule has 4 rings (SSSR count). The first kappa shape index (κ1) is 15.5. The highest BCUT2D eigenvalue weighted by molar-refractivity contribution is 5.99. The van der Waals surface area contributed by atoms with Crippen molar-refractivity contribution < 1.29 is 24.6 Å². The average molecular weight is 315 g/mol. The van der Waals surface area contributed by atoms with Gasteiger partial charge in [-0.15, -0.1) is 0 Å². The fourth-order valence-electron chi connectivity index (χ4n) is 4.29. The van der Waals surface area contributed by atoms with Crippen LogP contribution in [0, 0.1) is 23.2 Å². The fraction of sp³-hybridized carbons (Fsp3) is 0.471. The number of benzene rings is 1. The van der Waals surface area contributed by atoms with E-state index in [1.807, 2.05) is 0 Å². The number of hydrogen-bond donors (Lipinski definition) is 1. The average Bonchev–Trinajstić information content (AvgIpc) is 2.55. The molecule has 6 heteroatoms. The van der Waals surface area contributed by atoms with Crippen LogP contribution in [0.25, 0.3) is 0 Å². The lowest BCUT2D eigenvalue weighted by Gasteiger charge is -2.56. The van der Waals surface area contributed by atoms with Gasteiger partial charge in [-0.1, -0.05) is 18.2 Å². The van der Waals surface area contributed by atoms with Crippen LogP contribution in [0.5, 0.6) is 0 Å². The Morgan fingerprint density at radius 1 is 1.00 bits per heavy atom. The van der Waals surface area contributed by atoms with Crippen molar-refractivity contribution in [1.29, 1.82) is 0 Å². The van der Waals surface area contributed by atoms with Crippen LogP contribution >= 0.6 is 0 Å². The summed E-state index contributed by atoms with van der Waals surface area (Å²) in [6.45, 7) is 0. The molecular weight excluding hydrogens is 298 g/mol. The number of carbonyl (C=O) groups is 3. The van der Waals surface area contributed by atoms with Crippen LogP contribution in [-0.4, -0.2) is 17.8 Å². The topological polar surface area (TPSA) is 109 Å². The van der Waals surface area contributed by atoms with Crippen LogP contribution in [0.15, 0.2) is 30.3 Å². The number of carboxylic acids is 2. The molecule has 3 aliphatic rings. The molecule has 1 N–H and O–H groups in total. The summed E-state index contributed by atoms with van der Waals surface area (Å²) < 4.78 is 0. The number of nitrogens with one attached hydrogen (secondary N) is 1. The smallest absolute Gasteiger partial charge is 0.231 e. The quantitative estimate of drug-likeness (QED) is 0.809. The van der Waals surface area contributed by atoms with E-state index in [1.165, 1.54) is 0 Å². The van der Waals surface area contributed by atoms with Gasteiger partial charge in [-0.3, -0.25) is 4.79 Å². The SMILES string of the molecule is O=C([O-])[C@H]1C2CCC(C(=O)Nc3ccccc3)(CC2)[C@H]1C(=O)[O-]. The van der Waals surface area contributed by atoms with Gasteiger partial charge in [0.1, 0.15) is 0 Å². The maximum atomic E-state index is 12.8. The number of amides is 1. The third-order valence-electron chi connectivity index (χ3n) is 5.39.